The number of rotatable bonds is 4. The Morgan fingerprint density at radius 1 is 1.00 bits per heavy atom. The summed E-state index contributed by atoms with van der Waals surface area (Å²) in [6.07, 6.45) is 0. The molecule has 124 valence electrons. The Labute approximate surface area is 143 Å². The van der Waals surface area contributed by atoms with Gasteiger partial charge in [-0.3, -0.25) is 25.0 Å². The molecule has 2 aromatic rings. The zero-order valence-corrected chi connectivity index (χ0v) is 13.0. The highest BCUT2D eigenvalue weighted by molar-refractivity contribution is 6.31. The van der Waals surface area contributed by atoms with Crippen LogP contribution in [-0.2, 0) is 0 Å². The van der Waals surface area contributed by atoms with E-state index >= 15 is 0 Å². The molecule has 0 aliphatic heterocycles. The Balaban J connectivity index is 2.45. The second-order valence-corrected chi connectivity index (χ2v) is 5.32. The Morgan fingerprint density at radius 3 is 2.17 bits per heavy atom. The fourth-order valence-electron chi connectivity index (χ4n) is 1.85. The maximum Gasteiger partial charge on any atom is 0.313 e. The first-order valence-electron chi connectivity index (χ1n) is 6.13. The number of carbonyl (C=O) groups is 1. The zero-order chi connectivity index (χ0) is 18.0. The lowest BCUT2D eigenvalue weighted by Crippen LogP contribution is -2.14. The molecule has 0 bridgehead atoms. The monoisotopic (exact) mass is 371 g/mol. The molecule has 2 rings (SSSR count). The van der Waals surface area contributed by atoms with Crippen LogP contribution in [0, 0.1) is 20.2 Å². The number of aromatic hydroxyl groups is 1. The molecule has 0 spiro atoms. The first-order chi connectivity index (χ1) is 11.2. The van der Waals surface area contributed by atoms with Crippen LogP contribution in [0.5, 0.6) is 5.75 Å². The smallest absolute Gasteiger partial charge is 0.313 e. The van der Waals surface area contributed by atoms with Crippen molar-refractivity contribution in [3.8, 4) is 5.75 Å². The van der Waals surface area contributed by atoms with Gasteiger partial charge in [-0.15, -0.1) is 0 Å². The number of benzene rings is 2. The quantitative estimate of drug-likeness (QED) is 0.619. The number of phenols is 1. The van der Waals surface area contributed by atoms with Crippen molar-refractivity contribution in [3.63, 3.8) is 0 Å². The number of halogens is 2. The molecule has 0 aromatic heterocycles. The minimum Gasteiger partial charge on any atom is -0.502 e. The van der Waals surface area contributed by atoms with Gasteiger partial charge in [0.15, 0.2) is 0 Å². The van der Waals surface area contributed by atoms with Crippen molar-refractivity contribution in [2.24, 2.45) is 0 Å². The number of hydrogen-bond donors (Lipinski definition) is 2. The van der Waals surface area contributed by atoms with E-state index in [1.807, 2.05) is 0 Å². The fourth-order valence-corrected chi connectivity index (χ4v) is 2.23. The van der Waals surface area contributed by atoms with Gasteiger partial charge in [0, 0.05) is 22.2 Å². The number of nitro groups is 2. The molecule has 1 amide bonds. The van der Waals surface area contributed by atoms with Crippen LogP contribution in [0.1, 0.15) is 10.4 Å². The van der Waals surface area contributed by atoms with Crippen molar-refractivity contribution in [3.05, 3.63) is 66.2 Å². The summed E-state index contributed by atoms with van der Waals surface area (Å²) >= 11 is 11.4. The third-order valence-electron chi connectivity index (χ3n) is 2.90. The van der Waals surface area contributed by atoms with Crippen molar-refractivity contribution in [1.29, 1.82) is 0 Å². The van der Waals surface area contributed by atoms with Gasteiger partial charge >= 0.3 is 5.69 Å². The van der Waals surface area contributed by atoms with Crippen LogP contribution < -0.4 is 5.32 Å². The van der Waals surface area contributed by atoms with E-state index in [9.17, 15) is 30.1 Å². The van der Waals surface area contributed by atoms with Crippen molar-refractivity contribution in [1.82, 2.24) is 0 Å². The number of anilines is 1. The summed E-state index contributed by atoms with van der Waals surface area (Å²) in [6, 6.07) is 5.40. The van der Waals surface area contributed by atoms with Gasteiger partial charge in [0.1, 0.15) is 5.69 Å². The molecule has 9 nitrogen and oxygen atoms in total. The predicted octanol–water partition coefficient (Wildman–Crippen LogP) is 3.77. The molecule has 0 radical (unpaired) electrons. The van der Waals surface area contributed by atoms with Gasteiger partial charge in [0.05, 0.1) is 15.4 Å². The van der Waals surface area contributed by atoms with Crippen LogP contribution in [0.4, 0.5) is 17.1 Å². The summed E-state index contributed by atoms with van der Waals surface area (Å²) in [5.74, 6) is -1.91. The molecule has 0 unspecified atom stereocenters. The average molecular weight is 372 g/mol. The number of nitrogens with one attached hydrogen (secondary N) is 1. The lowest BCUT2D eigenvalue weighted by atomic mass is 10.1. The second-order valence-electron chi connectivity index (χ2n) is 4.45. The topological polar surface area (TPSA) is 136 Å². The first-order valence-corrected chi connectivity index (χ1v) is 6.88. The number of phenolic OH excluding ortho intramolecular Hbond substituents is 1. The fraction of sp³-hybridized carbons (Fsp3) is 0. The van der Waals surface area contributed by atoms with E-state index in [1.165, 1.54) is 12.1 Å². The molecule has 0 aliphatic rings. The van der Waals surface area contributed by atoms with E-state index < -0.39 is 38.4 Å². The first kappa shape index (κ1) is 17.4. The maximum absolute atomic E-state index is 12.2. The number of nitro benzene ring substituents is 2. The van der Waals surface area contributed by atoms with E-state index in [2.05, 4.69) is 5.32 Å². The van der Waals surface area contributed by atoms with Crippen LogP contribution in [0.2, 0.25) is 10.0 Å². The van der Waals surface area contributed by atoms with Crippen LogP contribution in [-0.4, -0.2) is 20.9 Å². The molecule has 0 aliphatic carbocycles. The van der Waals surface area contributed by atoms with Gasteiger partial charge in [0.25, 0.3) is 11.6 Å². The summed E-state index contributed by atoms with van der Waals surface area (Å²) in [5.41, 5.74) is -1.94. The van der Waals surface area contributed by atoms with Crippen molar-refractivity contribution in [2.75, 3.05) is 5.32 Å². The molecule has 11 heteroatoms. The molecular weight excluding hydrogens is 365 g/mol. The molecule has 24 heavy (non-hydrogen) atoms. The molecule has 2 N–H and O–H groups in total. The third-order valence-corrected chi connectivity index (χ3v) is 3.35. The summed E-state index contributed by atoms with van der Waals surface area (Å²) in [5, 5.41) is 33.8. The average Bonchev–Trinajstić information content (AvgIpc) is 2.50. The van der Waals surface area contributed by atoms with Crippen LogP contribution in [0.3, 0.4) is 0 Å². The minimum absolute atomic E-state index is 0.0842. The number of nitrogens with zero attached hydrogens (tertiary/aromatic N) is 2. The normalized spacial score (nSPS) is 10.2. The molecule has 0 fully saturated rings. The number of hydrogen-bond acceptors (Lipinski definition) is 6. The highest BCUT2D eigenvalue weighted by atomic mass is 35.5. The Bertz CT molecular complexity index is 871. The Morgan fingerprint density at radius 2 is 1.58 bits per heavy atom. The van der Waals surface area contributed by atoms with Crippen LogP contribution in [0.25, 0.3) is 0 Å². The molecule has 0 saturated carbocycles. The van der Waals surface area contributed by atoms with E-state index in [0.717, 1.165) is 18.2 Å². The van der Waals surface area contributed by atoms with Gasteiger partial charge in [-0.1, -0.05) is 23.2 Å². The van der Waals surface area contributed by atoms with Gasteiger partial charge in [-0.05, 0) is 18.2 Å². The van der Waals surface area contributed by atoms with E-state index in [0.29, 0.717) is 0 Å². The summed E-state index contributed by atoms with van der Waals surface area (Å²) in [6.45, 7) is 0. The highest BCUT2D eigenvalue weighted by Crippen LogP contribution is 2.34. The van der Waals surface area contributed by atoms with Crippen molar-refractivity contribution < 1.29 is 19.7 Å². The van der Waals surface area contributed by atoms with E-state index in [-0.39, 0.29) is 15.7 Å². The standard InChI is InChI=1S/C13H7Cl2N3O6/c14-6-1-2-9(10(4-6)17(21)22)16-13(20)8-3-7(15)5-11(12(8)19)18(23)24/h1-5,19H,(H,16,20). The third kappa shape index (κ3) is 3.53. The maximum atomic E-state index is 12.2. The molecule has 2 aromatic carbocycles. The summed E-state index contributed by atoms with van der Waals surface area (Å²) in [4.78, 5) is 32.4. The van der Waals surface area contributed by atoms with Crippen LogP contribution in [0.15, 0.2) is 30.3 Å². The summed E-state index contributed by atoms with van der Waals surface area (Å²) < 4.78 is 0. The molecule has 0 heterocycles. The van der Waals surface area contributed by atoms with Gasteiger partial charge < -0.3 is 10.4 Å². The van der Waals surface area contributed by atoms with Crippen molar-refractivity contribution >= 4 is 46.2 Å². The Kier molecular flexibility index (Phi) is 4.86. The SMILES string of the molecule is O=C(Nc1ccc(Cl)cc1[N+](=O)[O-])c1cc(Cl)cc([N+](=O)[O-])c1O. The molecule has 0 atom stereocenters. The largest absolute Gasteiger partial charge is 0.502 e. The lowest BCUT2D eigenvalue weighted by Gasteiger charge is -2.08. The Hall–Kier alpha value is -2.91. The van der Waals surface area contributed by atoms with Crippen LogP contribution >= 0.6 is 23.2 Å². The van der Waals surface area contributed by atoms with Gasteiger partial charge in [-0.25, -0.2) is 0 Å². The number of carbonyl (C=O) groups excluding carboxylic acids is 1. The minimum atomic E-state index is -1.01. The molecular formula is C13H7Cl2N3O6. The van der Waals surface area contributed by atoms with Gasteiger partial charge in [0.2, 0.25) is 5.75 Å². The highest BCUT2D eigenvalue weighted by Gasteiger charge is 2.25. The van der Waals surface area contributed by atoms with Gasteiger partial charge in [-0.2, -0.15) is 0 Å². The number of amides is 1. The van der Waals surface area contributed by atoms with E-state index in [4.69, 9.17) is 23.2 Å². The van der Waals surface area contributed by atoms with Crippen molar-refractivity contribution in [2.45, 2.75) is 0 Å². The molecule has 0 saturated heterocycles. The predicted molar refractivity (Wildman–Crippen MR) is 85.8 cm³/mol. The second kappa shape index (κ2) is 6.69. The van der Waals surface area contributed by atoms with E-state index in [1.54, 1.807) is 0 Å². The summed E-state index contributed by atoms with van der Waals surface area (Å²) in [7, 11) is 0. The lowest BCUT2D eigenvalue weighted by molar-refractivity contribution is -0.385. The zero-order valence-electron chi connectivity index (χ0n) is 11.5.